The zero-order valence-corrected chi connectivity index (χ0v) is 29.2. The van der Waals surface area contributed by atoms with Crippen LogP contribution in [0.25, 0.3) is 11.2 Å². The number of carbonyl (C=O) groups excluding carboxylic acids is 1. The summed E-state index contributed by atoms with van der Waals surface area (Å²) < 4.78 is 63.5. The first-order chi connectivity index (χ1) is 23.9. The van der Waals surface area contributed by atoms with Gasteiger partial charge in [-0.05, 0) is 18.2 Å². The van der Waals surface area contributed by atoms with Crippen LogP contribution in [-0.4, -0.2) is 95.8 Å². The maximum atomic E-state index is 15.9. The van der Waals surface area contributed by atoms with Crippen molar-refractivity contribution in [3.05, 3.63) is 35.3 Å². The molecule has 0 bridgehead atoms. The maximum absolute atomic E-state index is 15.9. The van der Waals surface area contributed by atoms with Crippen molar-refractivity contribution in [2.24, 2.45) is 11.8 Å². The molecule has 1 saturated carbocycles. The lowest BCUT2D eigenvalue weighted by molar-refractivity contribution is -0.118. The van der Waals surface area contributed by atoms with E-state index in [2.05, 4.69) is 30.2 Å². The number of ether oxygens (including phenoxy) is 2. The van der Waals surface area contributed by atoms with Gasteiger partial charge in [-0.1, -0.05) is 13.8 Å². The summed E-state index contributed by atoms with van der Waals surface area (Å²) in [7, 11) is -3.00. The highest BCUT2D eigenvalue weighted by molar-refractivity contribution is 8.07. The number of amides is 1. The molecule has 1 amide bonds. The smallest absolute Gasteiger partial charge is 0.474 e. The van der Waals surface area contributed by atoms with Gasteiger partial charge < -0.3 is 23.6 Å². The molecule has 2 aliphatic rings. The van der Waals surface area contributed by atoms with E-state index >= 15 is 4.39 Å². The number of nitrogens with one attached hydrogen (secondary N) is 2. The van der Waals surface area contributed by atoms with Gasteiger partial charge in [0.05, 0.1) is 38.6 Å². The second kappa shape index (κ2) is 16.7. The van der Waals surface area contributed by atoms with E-state index in [0.29, 0.717) is 0 Å². The van der Waals surface area contributed by atoms with E-state index in [1.807, 2.05) is 6.07 Å². The maximum Gasteiger partial charge on any atom is 0.695 e. The van der Waals surface area contributed by atoms with Crippen LogP contribution in [0.5, 0.6) is 5.88 Å². The van der Waals surface area contributed by atoms with Crippen molar-refractivity contribution in [3.8, 4) is 11.9 Å². The number of imidazole rings is 1. The van der Waals surface area contributed by atoms with Crippen LogP contribution >= 0.6 is 15.0 Å². The van der Waals surface area contributed by atoms with E-state index in [9.17, 15) is 24.2 Å². The Labute approximate surface area is 289 Å². The summed E-state index contributed by atoms with van der Waals surface area (Å²) in [6.45, 7) is -1.94. The van der Waals surface area contributed by atoms with Crippen LogP contribution in [-0.2, 0) is 44.0 Å². The molecule has 0 aromatic carbocycles. The number of aliphatic hydroxyl groups excluding tert-OH is 1. The summed E-state index contributed by atoms with van der Waals surface area (Å²) >= 11 is 5.68. The van der Waals surface area contributed by atoms with Crippen LogP contribution in [0.3, 0.4) is 0 Å². The largest absolute Gasteiger partial charge is 0.695 e. The van der Waals surface area contributed by atoms with Gasteiger partial charge in [-0.25, -0.2) is 19.3 Å². The van der Waals surface area contributed by atoms with Crippen LogP contribution in [0.15, 0.2) is 29.7 Å². The number of rotatable bonds is 16. The molecule has 1 aliphatic carbocycles. The second-order valence-electron chi connectivity index (χ2n) is 11.5. The number of anilines is 1. The Kier molecular flexibility index (Phi) is 12.7. The lowest BCUT2D eigenvalue weighted by atomic mass is 10.1. The second-order valence-corrected chi connectivity index (χ2v) is 15.2. The van der Waals surface area contributed by atoms with Gasteiger partial charge in [-0.3, -0.25) is 29.0 Å². The molecule has 50 heavy (non-hydrogen) atoms. The highest BCUT2D eigenvalue weighted by atomic mass is 32.5. The number of aromatic nitrogens is 6. The molecular weight excluding hydrogens is 725 g/mol. The van der Waals surface area contributed by atoms with Gasteiger partial charge in [0.2, 0.25) is 17.7 Å². The molecule has 1 saturated heterocycles. The molecule has 0 radical (unpaired) electrons. The summed E-state index contributed by atoms with van der Waals surface area (Å²) in [6, 6.07) is 3.46. The Bertz CT molecular complexity index is 1820. The Morgan fingerprint density at radius 1 is 1.36 bits per heavy atom. The molecule has 3 aromatic rings. The summed E-state index contributed by atoms with van der Waals surface area (Å²) in [6.07, 6.45) is -3.48. The van der Waals surface area contributed by atoms with E-state index in [-0.39, 0.29) is 55.5 Å². The summed E-state index contributed by atoms with van der Waals surface area (Å²) in [4.78, 5) is 53.3. The number of fused-ring (bicyclic) bond motifs is 1. The zero-order chi connectivity index (χ0) is 36.0. The number of carbonyl (C=O) groups is 1. The van der Waals surface area contributed by atoms with E-state index in [0.717, 1.165) is 6.33 Å². The van der Waals surface area contributed by atoms with Crippen LogP contribution in [0.4, 0.5) is 10.3 Å². The predicted octanol–water partition coefficient (Wildman–Crippen LogP) is 2.18. The van der Waals surface area contributed by atoms with Crippen LogP contribution in [0.2, 0.25) is 0 Å². The average molecular weight is 760 g/mol. The minimum atomic E-state index is -3.97. The molecule has 4 N–H and O–H groups in total. The van der Waals surface area contributed by atoms with E-state index in [1.165, 1.54) is 17.1 Å². The number of nitrogens with zero attached hydrogens (tertiary/aromatic N) is 6. The van der Waals surface area contributed by atoms with Crippen molar-refractivity contribution in [3.63, 3.8) is 0 Å². The minimum Gasteiger partial charge on any atom is -0.474 e. The highest BCUT2D eigenvalue weighted by Crippen LogP contribution is 2.55. The van der Waals surface area contributed by atoms with E-state index in [1.54, 1.807) is 19.9 Å². The Morgan fingerprint density at radius 3 is 2.84 bits per heavy atom. The van der Waals surface area contributed by atoms with Crippen molar-refractivity contribution < 1.29 is 51.3 Å². The first-order valence-electron chi connectivity index (χ1n) is 15.3. The monoisotopic (exact) mass is 759 g/mol. The Morgan fingerprint density at radius 2 is 2.16 bits per heavy atom. The molecular formula is C27H34FN8O11P2S+. The number of alkyl halides is 1. The normalized spacial score (nSPS) is 26.5. The minimum absolute atomic E-state index is 0.101. The molecule has 1 aliphatic heterocycles. The summed E-state index contributed by atoms with van der Waals surface area (Å²) in [5, 5.41) is 21.5. The first-order valence-corrected chi connectivity index (χ1v) is 19.0. The van der Waals surface area contributed by atoms with Crippen LogP contribution < -0.4 is 15.6 Å². The molecule has 3 aromatic heterocycles. The van der Waals surface area contributed by atoms with Gasteiger partial charge in [-0.15, -0.1) is 9.42 Å². The summed E-state index contributed by atoms with van der Waals surface area (Å²) in [5.41, 5.74) is -0.963. The van der Waals surface area contributed by atoms with Crippen LogP contribution in [0.1, 0.15) is 39.3 Å². The number of H-pyrrole nitrogens is 1. The van der Waals surface area contributed by atoms with Gasteiger partial charge in [-0.2, -0.15) is 10.2 Å². The molecule has 19 nitrogen and oxygen atoms in total. The molecule has 270 valence electrons. The van der Waals surface area contributed by atoms with Gasteiger partial charge >= 0.3 is 15.0 Å². The number of hydrogen-bond acceptors (Lipinski definition) is 16. The zero-order valence-electron chi connectivity index (χ0n) is 26.6. The van der Waals surface area contributed by atoms with Gasteiger partial charge in [0.1, 0.15) is 30.7 Å². The third-order valence-electron chi connectivity index (χ3n) is 7.73. The van der Waals surface area contributed by atoms with Crippen molar-refractivity contribution in [1.29, 1.82) is 5.26 Å². The average Bonchev–Trinajstić information content (AvgIpc) is 3.75. The van der Waals surface area contributed by atoms with E-state index in [4.69, 9.17) is 44.6 Å². The fourth-order valence-electron chi connectivity index (χ4n) is 5.32. The van der Waals surface area contributed by atoms with Gasteiger partial charge in [0.25, 0.3) is 5.56 Å². The van der Waals surface area contributed by atoms with Crippen LogP contribution in [0, 0.1) is 23.2 Å². The Balaban J connectivity index is 1.40. The predicted molar refractivity (Wildman–Crippen MR) is 173 cm³/mol. The third-order valence-corrected chi connectivity index (χ3v) is 10.5. The van der Waals surface area contributed by atoms with Gasteiger partial charge in [0, 0.05) is 35.1 Å². The van der Waals surface area contributed by atoms with Gasteiger partial charge in [0.15, 0.2) is 23.6 Å². The number of aromatic amines is 1. The van der Waals surface area contributed by atoms with E-state index < -0.39 is 81.7 Å². The Hall–Kier alpha value is -3.41. The number of halogens is 1. The fraction of sp³-hybridized carbons (Fsp3) is 0.593. The van der Waals surface area contributed by atoms with Crippen molar-refractivity contribution >= 4 is 49.8 Å². The van der Waals surface area contributed by atoms with Crippen molar-refractivity contribution in [2.75, 3.05) is 25.1 Å². The molecule has 0 spiro atoms. The van der Waals surface area contributed by atoms with Crippen molar-refractivity contribution in [2.45, 2.75) is 69.9 Å². The third kappa shape index (κ3) is 9.08. The SMILES string of the molecule is CC(C)C(=O)Nc1nc2c(ncn2[C@@H]2O[C@H](CO)[C@@H](F)[C@@H]2OP(=S)(OCCC#N)OC[C@H]2C[C@@H](Oc3ccncn3)C[C@@H]2O[P+](=O)O)c(=O)[nH]1. The first kappa shape index (κ1) is 37.8. The molecule has 9 atom stereocenters. The quantitative estimate of drug-likeness (QED) is 0.121. The highest BCUT2D eigenvalue weighted by Gasteiger charge is 2.51. The molecule has 2 fully saturated rings. The molecule has 4 heterocycles. The topological polar surface area (TPSA) is 255 Å². The number of nitriles is 1. The number of hydrogen-bond donors (Lipinski definition) is 4. The fourth-order valence-corrected chi connectivity index (χ4v) is 7.92. The standard InChI is InChI=1S/C27H33FN8O11P2S/c1-14(2)24(38)34-27-33-23-21(25(39)35-27)32-13-36(23)26-22(20(28)18(10-37)45-26)47-49(50,42-7-3-5-29)43-11-15-8-16(9-17(15)46-48(40)41)44-19-4-6-30-12-31-19/h4,6,12-18,20,22,26,37H,3,7-11H2,1-2H3,(H2-,33,34,35,38,39,40,41)/p+1/t15-,16-,17+,18-,20-,22+,26-,49?/m1/s1. The molecule has 2 unspecified atom stereocenters. The molecule has 5 rings (SSSR count). The molecule has 23 heteroatoms. The van der Waals surface area contributed by atoms with Crippen molar-refractivity contribution in [1.82, 2.24) is 29.5 Å². The lowest BCUT2D eigenvalue weighted by Gasteiger charge is -2.29. The lowest BCUT2D eigenvalue weighted by Crippen LogP contribution is -2.32. The number of aliphatic hydroxyl groups is 1. The summed E-state index contributed by atoms with van der Waals surface area (Å²) in [5.74, 6) is -1.35.